The summed E-state index contributed by atoms with van der Waals surface area (Å²) in [4.78, 5) is 26.2. The van der Waals surface area contributed by atoms with Crippen LogP contribution in [0.5, 0.6) is 11.5 Å². The fourth-order valence-electron chi connectivity index (χ4n) is 3.18. The molecule has 1 fully saturated rings. The Kier molecular flexibility index (Phi) is 6.13. The number of benzene rings is 2. The summed E-state index contributed by atoms with van der Waals surface area (Å²) in [5.41, 5.74) is 0.905. The molecule has 0 N–H and O–H groups in total. The number of nitrogens with zero attached hydrogens (tertiary/aromatic N) is 1. The number of esters is 1. The van der Waals surface area contributed by atoms with Crippen molar-refractivity contribution in [3.8, 4) is 11.5 Å². The van der Waals surface area contributed by atoms with Crippen molar-refractivity contribution in [2.24, 2.45) is 0 Å². The molecule has 0 aromatic heterocycles. The van der Waals surface area contributed by atoms with Crippen LogP contribution < -0.4 is 9.47 Å². The van der Waals surface area contributed by atoms with E-state index in [1.807, 2.05) is 25.1 Å². The summed E-state index contributed by atoms with van der Waals surface area (Å²) < 4.78 is 29.9. The molecule has 2 atom stereocenters. The predicted octanol–water partition coefficient (Wildman–Crippen LogP) is 2.73. The summed E-state index contributed by atoms with van der Waals surface area (Å²) in [6, 6.07) is 12.6. The normalized spacial score (nSPS) is 18.6. The third-order valence-electron chi connectivity index (χ3n) is 4.63. The highest BCUT2D eigenvalue weighted by Crippen LogP contribution is 2.26. The molecule has 1 heterocycles. The molecule has 0 unspecified atom stereocenters. The number of para-hydroxylation sites is 2. The summed E-state index contributed by atoms with van der Waals surface area (Å²) in [5, 5.41) is 0. The fourth-order valence-corrected chi connectivity index (χ4v) is 3.18. The molecule has 2 aromatic carbocycles. The largest absolute Gasteiger partial charge is 0.485 e. The van der Waals surface area contributed by atoms with Crippen LogP contribution >= 0.6 is 0 Å². The van der Waals surface area contributed by atoms with Gasteiger partial charge in [0.1, 0.15) is 17.9 Å². The van der Waals surface area contributed by atoms with Gasteiger partial charge in [-0.3, -0.25) is 4.79 Å². The van der Waals surface area contributed by atoms with Crippen LogP contribution in [-0.2, 0) is 14.3 Å². The molecule has 1 aliphatic heterocycles. The van der Waals surface area contributed by atoms with E-state index in [9.17, 15) is 14.0 Å². The predicted molar refractivity (Wildman–Crippen MR) is 99.6 cm³/mol. The van der Waals surface area contributed by atoms with Gasteiger partial charge < -0.3 is 19.1 Å². The summed E-state index contributed by atoms with van der Waals surface area (Å²) in [5.74, 6) is -0.711. The minimum absolute atomic E-state index is 0.0848. The number of carbonyl (C=O) groups is 2. The highest BCUT2D eigenvalue weighted by atomic mass is 19.1. The molecule has 3 rings (SSSR count). The molecule has 1 amide bonds. The lowest BCUT2D eigenvalue weighted by molar-refractivity contribution is -0.151. The molecule has 0 aliphatic carbocycles. The summed E-state index contributed by atoms with van der Waals surface area (Å²) in [6.45, 7) is 1.81. The molecule has 2 aromatic rings. The van der Waals surface area contributed by atoms with Crippen molar-refractivity contribution in [3.05, 3.63) is 59.9 Å². The van der Waals surface area contributed by atoms with Crippen LogP contribution in [0.25, 0.3) is 0 Å². The quantitative estimate of drug-likeness (QED) is 0.713. The molecule has 0 spiro atoms. The van der Waals surface area contributed by atoms with Crippen molar-refractivity contribution in [2.45, 2.75) is 25.5 Å². The number of halogens is 1. The number of ether oxygens (including phenoxy) is 3. The Morgan fingerprint density at radius 3 is 2.46 bits per heavy atom. The molecule has 1 aliphatic rings. The van der Waals surface area contributed by atoms with Gasteiger partial charge in [0.05, 0.1) is 13.7 Å². The molecule has 28 heavy (non-hydrogen) atoms. The fraction of sp³-hybridized carbons (Fsp3) is 0.333. The molecule has 1 saturated heterocycles. The number of hydrogen-bond acceptors (Lipinski definition) is 5. The SMILES string of the molecule is COC(=O)[C@@H]1C[C@H](Oc2ccccc2F)CN1C(=O)COc1ccccc1C. The summed E-state index contributed by atoms with van der Waals surface area (Å²) in [6.07, 6.45) is -0.305. The Bertz CT molecular complexity index is 856. The third kappa shape index (κ3) is 4.42. The maximum atomic E-state index is 13.8. The average molecular weight is 387 g/mol. The lowest BCUT2D eigenvalue weighted by atomic mass is 10.2. The van der Waals surface area contributed by atoms with Crippen LogP contribution in [0.15, 0.2) is 48.5 Å². The molecule has 148 valence electrons. The lowest BCUT2D eigenvalue weighted by Gasteiger charge is -2.22. The van der Waals surface area contributed by atoms with E-state index in [1.165, 1.54) is 24.1 Å². The smallest absolute Gasteiger partial charge is 0.328 e. The van der Waals surface area contributed by atoms with Crippen LogP contribution in [0.1, 0.15) is 12.0 Å². The summed E-state index contributed by atoms with van der Waals surface area (Å²) in [7, 11) is 1.26. The van der Waals surface area contributed by atoms with E-state index in [4.69, 9.17) is 14.2 Å². The molecular formula is C21H22FNO5. The zero-order chi connectivity index (χ0) is 20.1. The first-order valence-corrected chi connectivity index (χ1v) is 8.96. The van der Waals surface area contributed by atoms with Gasteiger partial charge in [0.15, 0.2) is 18.2 Å². The Morgan fingerprint density at radius 1 is 1.11 bits per heavy atom. The lowest BCUT2D eigenvalue weighted by Crippen LogP contribution is -2.43. The average Bonchev–Trinajstić information content (AvgIpc) is 3.12. The highest BCUT2D eigenvalue weighted by Gasteiger charge is 2.41. The van der Waals surface area contributed by atoms with Gasteiger partial charge in [-0.1, -0.05) is 30.3 Å². The van der Waals surface area contributed by atoms with Crippen molar-refractivity contribution in [3.63, 3.8) is 0 Å². The second-order valence-corrected chi connectivity index (χ2v) is 6.55. The Hall–Kier alpha value is -3.09. The zero-order valence-electron chi connectivity index (χ0n) is 15.8. The van der Waals surface area contributed by atoms with Gasteiger partial charge >= 0.3 is 5.97 Å². The minimum atomic E-state index is -0.797. The number of aryl methyl sites for hydroxylation is 1. The number of amides is 1. The van der Waals surface area contributed by atoms with Crippen LogP contribution in [0, 0.1) is 12.7 Å². The Balaban J connectivity index is 1.68. The van der Waals surface area contributed by atoms with Crippen molar-refractivity contribution in [1.82, 2.24) is 4.90 Å². The van der Waals surface area contributed by atoms with Gasteiger partial charge in [-0.15, -0.1) is 0 Å². The molecule has 6 nitrogen and oxygen atoms in total. The van der Waals surface area contributed by atoms with Crippen molar-refractivity contribution in [2.75, 3.05) is 20.3 Å². The van der Waals surface area contributed by atoms with Gasteiger partial charge in [-0.25, -0.2) is 9.18 Å². The standard InChI is InChI=1S/C21H22FNO5/c1-14-7-3-5-9-18(14)27-13-20(24)23-12-15(11-17(23)21(25)26-2)28-19-10-6-4-8-16(19)22/h3-10,15,17H,11-13H2,1-2H3/t15-,17-/m0/s1. The van der Waals surface area contributed by atoms with Gasteiger partial charge in [-0.2, -0.15) is 0 Å². The number of methoxy groups -OCH3 is 1. The number of rotatable bonds is 6. The number of hydrogen-bond donors (Lipinski definition) is 0. The number of carbonyl (C=O) groups excluding carboxylic acids is 2. The monoisotopic (exact) mass is 387 g/mol. The second kappa shape index (κ2) is 8.73. The maximum Gasteiger partial charge on any atom is 0.328 e. The van der Waals surface area contributed by atoms with E-state index in [-0.39, 0.29) is 31.2 Å². The van der Waals surface area contributed by atoms with Gasteiger partial charge in [-0.05, 0) is 30.7 Å². The first-order valence-electron chi connectivity index (χ1n) is 8.96. The summed E-state index contributed by atoms with van der Waals surface area (Å²) >= 11 is 0. The zero-order valence-corrected chi connectivity index (χ0v) is 15.8. The van der Waals surface area contributed by atoms with Crippen LogP contribution in [0.2, 0.25) is 0 Å². The van der Waals surface area contributed by atoms with Crippen molar-refractivity contribution < 1.29 is 28.2 Å². The molecule has 0 bridgehead atoms. The second-order valence-electron chi connectivity index (χ2n) is 6.55. The maximum absolute atomic E-state index is 13.8. The van der Waals surface area contributed by atoms with E-state index in [0.29, 0.717) is 5.75 Å². The Labute approximate surface area is 162 Å². The molecule has 0 radical (unpaired) electrons. The first kappa shape index (κ1) is 19.7. The van der Waals surface area contributed by atoms with E-state index < -0.39 is 23.9 Å². The minimum Gasteiger partial charge on any atom is -0.485 e. The first-order chi connectivity index (χ1) is 13.5. The van der Waals surface area contributed by atoms with Gasteiger partial charge in [0.2, 0.25) is 0 Å². The third-order valence-corrected chi connectivity index (χ3v) is 4.63. The van der Waals surface area contributed by atoms with Crippen LogP contribution in [-0.4, -0.2) is 49.2 Å². The van der Waals surface area contributed by atoms with Crippen molar-refractivity contribution in [1.29, 1.82) is 0 Å². The van der Waals surface area contributed by atoms with Gasteiger partial charge in [0, 0.05) is 6.42 Å². The Morgan fingerprint density at radius 2 is 1.79 bits per heavy atom. The van der Waals surface area contributed by atoms with Crippen molar-refractivity contribution >= 4 is 11.9 Å². The topological polar surface area (TPSA) is 65.1 Å². The van der Waals surface area contributed by atoms with Crippen LogP contribution in [0.3, 0.4) is 0 Å². The van der Waals surface area contributed by atoms with E-state index in [1.54, 1.807) is 18.2 Å². The molecule has 0 saturated carbocycles. The highest BCUT2D eigenvalue weighted by molar-refractivity contribution is 5.86. The van der Waals surface area contributed by atoms with Crippen LogP contribution in [0.4, 0.5) is 4.39 Å². The van der Waals surface area contributed by atoms with E-state index >= 15 is 0 Å². The molecular weight excluding hydrogens is 365 g/mol. The van der Waals surface area contributed by atoms with E-state index in [2.05, 4.69) is 0 Å². The van der Waals surface area contributed by atoms with E-state index in [0.717, 1.165) is 5.56 Å². The van der Waals surface area contributed by atoms with Gasteiger partial charge in [0.25, 0.3) is 5.91 Å². The number of likely N-dealkylation sites (tertiary alicyclic amines) is 1. The molecule has 7 heteroatoms.